The van der Waals surface area contributed by atoms with Crippen LogP contribution in [0.2, 0.25) is 0 Å². The molecule has 0 fully saturated rings. The highest BCUT2D eigenvalue weighted by atomic mass is 16.5. The Morgan fingerprint density at radius 3 is 2.00 bits per heavy atom. The number of benzene rings is 1. The van der Waals surface area contributed by atoms with Crippen molar-refractivity contribution >= 4 is 0 Å². The molecular formula is C16H27NO3. The summed E-state index contributed by atoms with van der Waals surface area (Å²) in [5.41, 5.74) is 1.08. The molecule has 0 radical (unpaired) electrons. The number of unbranched alkanes of at least 4 members (excludes halogenated alkanes) is 1. The van der Waals surface area contributed by atoms with E-state index in [0.717, 1.165) is 42.2 Å². The lowest BCUT2D eigenvalue weighted by Crippen LogP contribution is -2.22. The van der Waals surface area contributed by atoms with Crippen molar-refractivity contribution in [3.8, 4) is 17.2 Å². The van der Waals surface area contributed by atoms with Gasteiger partial charge in [-0.15, -0.1) is 0 Å². The van der Waals surface area contributed by atoms with E-state index in [-0.39, 0.29) is 6.04 Å². The van der Waals surface area contributed by atoms with E-state index in [1.807, 2.05) is 12.1 Å². The molecule has 0 aliphatic carbocycles. The Morgan fingerprint density at radius 1 is 1.00 bits per heavy atom. The van der Waals surface area contributed by atoms with Gasteiger partial charge in [-0.25, -0.2) is 0 Å². The number of hydrogen-bond donors (Lipinski definition) is 1. The molecule has 0 aliphatic rings. The summed E-state index contributed by atoms with van der Waals surface area (Å²) >= 11 is 0. The maximum atomic E-state index is 5.54. The van der Waals surface area contributed by atoms with Gasteiger partial charge in [-0.05, 0) is 13.0 Å². The van der Waals surface area contributed by atoms with Gasteiger partial charge >= 0.3 is 0 Å². The molecule has 1 unspecified atom stereocenters. The molecule has 4 nitrogen and oxygen atoms in total. The molecule has 1 atom stereocenters. The predicted molar refractivity (Wildman–Crippen MR) is 82.0 cm³/mol. The smallest absolute Gasteiger partial charge is 0.131 e. The minimum Gasteiger partial charge on any atom is -0.496 e. The van der Waals surface area contributed by atoms with Gasteiger partial charge in [-0.3, -0.25) is 0 Å². The van der Waals surface area contributed by atoms with Gasteiger partial charge in [0.25, 0.3) is 0 Å². The molecule has 0 aliphatic heterocycles. The summed E-state index contributed by atoms with van der Waals surface area (Å²) in [5, 5.41) is 3.52. The third kappa shape index (κ3) is 4.04. The van der Waals surface area contributed by atoms with Gasteiger partial charge in [0.2, 0.25) is 0 Å². The second-order valence-electron chi connectivity index (χ2n) is 4.70. The zero-order valence-electron chi connectivity index (χ0n) is 13.3. The Bertz CT molecular complexity index is 382. The molecule has 1 aromatic rings. The van der Waals surface area contributed by atoms with Gasteiger partial charge in [-0.1, -0.05) is 26.7 Å². The largest absolute Gasteiger partial charge is 0.496 e. The van der Waals surface area contributed by atoms with Crippen molar-refractivity contribution in [2.75, 3.05) is 27.9 Å². The summed E-state index contributed by atoms with van der Waals surface area (Å²) in [5.74, 6) is 2.36. The SMILES string of the molecule is CCCCC(NCC)c1c(OC)cc(OC)cc1OC. The standard InChI is InChI=1S/C16H27NO3/c1-6-8-9-13(17-7-2)16-14(19-4)10-12(18-3)11-15(16)20-5/h10-11,13,17H,6-9H2,1-5H3. The molecule has 0 bridgehead atoms. The van der Waals surface area contributed by atoms with Crippen LogP contribution >= 0.6 is 0 Å². The van der Waals surface area contributed by atoms with Gasteiger partial charge < -0.3 is 19.5 Å². The lowest BCUT2D eigenvalue weighted by atomic mass is 9.98. The molecule has 1 N–H and O–H groups in total. The first-order valence-electron chi connectivity index (χ1n) is 7.25. The Labute approximate surface area is 122 Å². The first-order valence-corrected chi connectivity index (χ1v) is 7.25. The van der Waals surface area contributed by atoms with E-state index in [1.54, 1.807) is 21.3 Å². The van der Waals surface area contributed by atoms with Gasteiger partial charge in [0.1, 0.15) is 17.2 Å². The number of methoxy groups -OCH3 is 3. The van der Waals surface area contributed by atoms with Crippen molar-refractivity contribution in [1.82, 2.24) is 5.32 Å². The first kappa shape index (κ1) is 16.6. The monoisotopic (exact) mass is 281 g/mol. The summed E-state index contributed by atoms with van der Waals surface area (Å²) in [6.07, 6.45) is 3.39. The third-order valence-electron chi connectivity index (χ3n) is 3.40. The van der Waals surface area contributed by atoms with E-state index >= 15 is 0 Å². The topological polar surface area (TPSA) is 39.7 Å². The highest BCUT2D eigenvalue weighted by molar-refractivity contribution is 5.52. The normalized spacial score (nSPS) is 12.1. The number of hydrogen-bond acceptors (Lipinski definition) is 4. The van der Waals surface area contributed by atoms with Crippen molar-refractivity contribution in [3.05, 3.63) is 17.7 Å². The number of ether oxygens (including phenoxy) is 3. The van der Waals surface area contributed by atoms with Crippen LogP contribution in [-0.2, 0) is 0 Å². The molecule has 1 aromatic carbocycles. The van der Waals surface area contributed by atoms with E-state index in [9.17, 15) is 0 Å². The Balaban J connectivity index is 3.21. The lowest BCUT2D eigenvalue weighted by molar-refractivity contribution is 0.353. The second-order valence-corrected chi connectivity index (χ2v) is 4.70. The van der Waals surface area contributed by atoms with Crippen molar-refractivity contribution in [2.24, 2.45) is 0 Å². The summed E-state index contributed by atoms with van der Waals surface area (Å²) in [6, 6.07) is 4.05. The first-order chi connectivity index (χ1) is 9.71. The minimum atomic E-state index is 0.232. The van der Waals surface area contributed by atoms with Crippen LogP contribution in [0.5, 0.6) is 17.2 Å². The molecule has 0 heterocycles. The van der Waals surface area contributed by atoms with Crippen LogP contribution < -0.4 is 19.5 Å². The summed E-state index contributed by atoms with van der Waals surface area (Å²) < 4.78 is 16.4. The molecule has 4 heteroatoms. The van der Waals surface area contributed by atoms with Crippen LogP contribution in [0.15, 0.2) is 12.1 Å². The second kappa shape index (κ2) is 8.69. The maximum Gasteiger partial charge on any atom is 0.131 e. The predicted octanol–water partition coefficient (Wildman–Crippen LogP) is 3.55. The average Bonchev–Trinajstić information content (AvgIpc) is 2.50. The van der Waals surface area contributed by atoms with Crippen molar-refractivity contribution in [3.63, 3.8) is 0 Å². The molecule has 0 saturated heterocycles. The van der Waals surface area contributed by atoms with E-state index in [1.165, 1.54) is 6.42 Å². The Hall–Kier alpha value is -1.42. The van der Waals surface area contributed by atoms with Crippen LogP contribution in [-0.4, -0.2) is 27.9 Å². The molecule has 20 heavy (non-hydrogen) atoms. The lowest BCUT2D eigenvalue weighted by Gasteiger charge is -2.23. The molecular weight excluding hydrogens is 254 g/mol. The van der Waals surface area contributed by atoms with Crippen LogP contribution in [0.3, 0.4) is 0 Å². The summed E-state index contributed by atoms with van der Waals surface area (Å²) in [4.78, 5) is 0. The minimum absolute atomic E-state index is 0.232. The summed E-state index contributed by atoms with van der Waals surface area (Å²) in [6.45, 7) is 5.22. The molecule has 1 rings (SSSR count). The fraction of sp³-hybridized carbons (Fsp3) is 0.625. The highest BCUT2D eigenvalue weighted by Gasteiger charge is 2.21. The molecule has 0 amide bonds. The van der Waals surface area contributed by atoms with Crippen LogP contribution in [0.4, 0.5) is 0 Å². The number of rotatable bonds is 9. The molecule has 0 aromatic heterocycles. The van der Waals surface area contributed by atoms with Gasteiger partial charge in [0.05, 0.1) is 26.9 Å². The van der Waals surface area contributed by atoms with Crippen LogP contribution in [0, 0.1) is 0 Å². The molecule has 0 saturated carbocycles. The van der Waals surface area contributed by atoms with E-state index < -0.39 is 0 Å². The zero-order chi connectivity index (χ0) is 15.0. The highest BCUT2D eigenvalue weighted by Crippen LogP contribution is 2.39. The van der Waals surface area contributed by atoms with E-state index in [2.05, 4.69) is 19.2 Å². The number of nitrogens with one attached hydrogen (secondary N) is 1. The fourth-order valence-electron chi connectivity index (χ4n) is 2.38. The van der Waals surface area contributed by atoms with Crippen LogP contribution in [0.25, 0.3) is 0 Å². The average molecular weight is 281 g/mol. The Morgan fingerprint density at radius 2 is 1.60 bits per heavy atom. The quantitative estimate of drug-likeness (QED) is 0.751. The van der Waals surface area contributed by atoms with Crippen molar-refractivity contribution in [1.29, 1.82) is 0 Å². The summed E-state index contributed by atoms with van der Waals surface area (Å²) in [7, 11) is 5.01. The third-order valence-corrected chi connectivity index (χ3v) is 3.40. The van der Waals surface area contributed by atoms with Gasteiger partial charge in [0, 0.05) is 18.2 Å². The van der Waals surface area contributed by atoms with E-state index in [4.69, 9.17) is 14.2 Å². The molecule has 0 spiro atoms. The van der Waals surface area contributed by atoms with Gasteiger partial charge in [-0.2, -0.15) is 0 Å². The van der Waals surface area contributed by atoms with Gasteiger partial charge in [0.15, 0.2) is 0 Å². The van der Waals surface area contributed by atoms with Crippen molar-refractivity contribution < 1.29 is 14.2 Å². The van der Waals surface area contributed by atoms with E-state index in [0.29, 0.717) is 0 Å². The van der Waals surface area contributed by atoms with Crippen LogP contribution in [0.1, 0.15) is 44.7 Å². The van der Waals surface area contributed by atoms with Crippen molar-refractivity contribution in [2.45, 2.75) is 39.2 Å². The fourth-order valence-corrected chi connectivity index (χ4v) is 2.38. The zero-order valence-corrected chi connectivity index (χ0v) is 13.3. The Kier molecular flexibility index (Phi) is 7.23. The molecule has 114 valence electrons. The maximum absolute atomic E-state index is 5.54.